The minimum atomic E-state index is -4.53. The Morgan fingerprint density at radius 2 is 1.79 bits per heavy atom. The van der Waals surface area contributed by atoms with Crippen molar-refractivity contribution in [1.29, 1.82) is 0 Å². The van der Waals surface area contributed by atoms with Gasteiger partial charge in [-0.25, -0.2) is 4.79 Å². The lowest BCUT2D eigenvalue weighted by Gasteiger charge is -2.14. The summed E-state index contributed by atoms with van der Waals surface area (Å²) < 4.78 is 40.6. The largest absolute Gasteiger partial charge is 0.418 e. The van der Waals surface area contributed by atoms with Crippen molar-refractivity contribution in [2.45, 2.75) is 12.6 Å². The second-order valence-corrected chi connectivity index (χ2v) is 6.21. The highest BCUT2D eigenvalue weighted by atomic mass is 19.4. The van der Waals surface area contributed by atoms with Crippen molar-refractivity contribution in [1.82, 2.24) is 15.1 Å². The number of carbonyl (C=O) groups is 1. The van der Waals surface area contributed by atoms with E-state index in [-0.39, 0.29) is 5.69 Å². The molecule has 0 bridgehead atoms. The fourth-order valence-corrected chi connectivity index (χ4v) is 2.83. The monoisotopic (exact) mass is 388 g/mol. The second kappa shape index (κ2) is 8.16. The number of aryl methyl sites for hydroxylation is 1. The lowest BCUT2D eigenvalue weighted by Crippen LogP contribution is -2.31. The van der Waals surface area contributed by atoms with Crippen LogP contribution in [0.1, 0.15) is 11.1 Å². The number of nitrogens with zero attached hydrogens (tertiary/aromatic N) is 2. The molecule has 0 aliphatic rings. The molecule has 8 heteroatoms. The molecule has 5 nitrogen and oxygen atoms in total. The molecule has 3 rings (SSSR count). The minimum absolute atomic E-state index is 0.270. The minimum Gasteiger partial charge on any atom is -0.338 e. The number of benzene rings is 2. The number of para-hydroxylation sites is 1. The van der Waals surface area contributed by atoms with Gasteiger partial charge in [0.15, 0.2) is 0 Å². The SMILES string of the molecule is Cn1nccc1-c1ccc(CCNC(=O)Nc2ccccc2C(F)(F)F)cc1. The van der Waals surface area contributed by atoms with Crippen LogP contribution in [0.3, 0.4) is 0 Å². The van der Waals surface area contributed by atoms with Crippen LogP contribution < -0.4 is 10.6 Å². The molecule has 0 spiro atoms. The molecule has 2 aromatic carbocycles. The molecule has 1 heterocycles. The van der Waals surface area contributed by atoms with Gasteiger partial charge in [0.25, 0.3) is 0 Å². The van der Waals surface area contributed by atoms with E-state index in [0.717, 1.165) is 22.9 Å². The predicted molar refractivity (Wildman–Crippen MR) is 101 cm³/mol. The van der Waals surface area contributed by atoms with Crippen molar-refractivity contribution in [2.75, 3.05) is 11.9 Å². The molecule has 2 N–H and O–H groups in total. The van der Waals surface area contributed by atoms with Crippen molar-refractivity contribution in [2.24, 2.45) is 7.05 Å². The Kier molecular flexibility index (Phi) is 5.67. The smallest absolute Gasteiger partial charge is 0.338 e. The van der Waals surface area contributed by atoms with E-state index in [0.29, 0.717) is 13.0 Å². The Labute approximate surface area is 160 Å². The first-order chi connectivity index (χ1) is 13.3. The van der Waals surface area contributed by atoms with Gasteiger partial charge in [-0.2, -0.15) is 18.3 Å². The first kappa shape index (κ1) is 19.5. The zero-order chi connectivity index (χ0) is 20.1. The van der Waals surface area contributed by atoms with Gasteiger partial charge in [0.05, 0.1) is 16.9 Å². The quantitative estimate of drug-likeness (QED) is 0.678. The van der Waals surface area contributed by atoms with Crippen molar-refractivity contribution >= 4 is 11.7 Å². The van der Waals surface area contributed by atoms with Crippen LogP contribution in [0.15, 0.2) is 60.8 Å². The molecule has 0 atom stereocenters. The van der Waals surface area contributed by atoms with Gasteiger partial charge in [-0.05, 0) is 35.7 Å². The van der Waals surface area contributed by atoms with Crippen LogP contribution in [0.5, 0.6) is 0 Å². The number of alkyl halides is 3. The fourth-order valence-electron chi connectivity index (χ4n) is 2.83. The first-order valence-corrected chi connectivity index (χ1v) is 8.63. The van der Waals surface area contributed by atoms with Gasteiger partial charge in [0.1, 0.15) is 0 Å². The molecule has 0 saturated heterocycles. The molecular formula is C20H19F3N4O. The maximum atomic E-state index is 13.0. The summed E-state index contributed by atoms with van der Waals surface area (Å²) in [6.45, 7) is 0.297. The summed E-state index contributed by atoms with van der Waals surface area (Å²) in [5.74, 6) is 0. The van der Waals surface area contributed by atoms with Gasteiger partial charge in [0, 0.05) is 19.8 Å². The van der Waals surface area contributed by atoms with E-state index >= 15 is 0 Å². The number of rotatable bonds is 5. The molecule has 2 amide bonds. The lowest BCUT2D eigenvalue weighted by molar-refractivity contribution is -0.136. The van der Waals surface area contributed by atoms with Gasteiger partial charge in [-0.1, -0.05) is 36.4 Å². The molecule has 0 fully saturated rings. The fraction of sp³-hybridized carbons (Fsp3) is 0.200. The van der Waals surface area contributed by atoms with Crippen molar-refractivity contribution in [3.05, 3.63) is 71.9 Å². The van der Waals surface area contributed by atoms with E-state index in [1.807, 2.05) is 37.4 Å². The number of nitrogens with one attached hydrogen (secondary N) is 2. The Morgan fingerprint density at radius 3 is 2.43 bits per heavy atom. The van der Waals surface area contributed by atoms with Crippen molar-refractivity contribution < 1.29 is 18.0 Å². The summed E-state index contributed by atoms with van der Waals surface area (Å²) in [4.78, 5) is 11.9. The van der Waals surface area contributed by atoms with Crippen LogP contribution in [-0.4, -0.2) is 22.4 Å². The summed E-state index contributed by atoms with van der Waals surface area (Å²) in [6.07, 6.45) is -2.25. The van der Waals surface area contributed by atoms with E-state index in [1.165, 1.54) is 18.2 Å². The van der Waals surface area contributed by atoms with Gasteiger partial charge in [0.2, 0.25) is 0 Å². The number of aromatic nitrogens is 2. The van der Waals surface area contributed by atoms with Crippen LogP contribution in [-0.2, 0) is 19.6 Å². The van der Waals surface area contributed by atoms with Crippen LogP contribution in [0.25, 0.3) is 11.3 Å². The molecule has 0 radical (unpaired) electrons. The normalized spacial score (nSPS) is 11.3. The summed E-state index contributed by atoms with van der Waals surface area (Å²) in [6, 6.07) is 13.9. The lowest BCUT2D eigenvalue weighted by atomic mass is 10.1. The predicted octanol–water partition coefficient (Wildman–Crippen LogP) is 4.47. The number of amides is 2. The van der Waals surface area contributed by atoms with E-state index < -0.39 is 17.8 Å². The molecule has 0 aliphatic heterocycles. The zero-order valence-electron chi connectivity index (χ0n) is 15.1. The van der Waals surface area contributed by atoms with E-state index in [4.69, 9.17) is 0 Å². The number of anilines is 1. The van der Waals surface area contributed by atoms with Crippen LogP contribution in [0.4, 0.5) is 23.7 Å². The second-order valence-electron chi connectivity index (χ2n) is 6.21. The van der Waals surface area contributed by atoms with Gasteiger partial charge in [-0.15, -0.1) is 0 Å². The van der Waals surface area contributed by atoms with Gasteiger partial charge >= 0.3 is 12.2 Å². The van der Waals surface area contributed by atoms with E-state index in [1.54, 1.807) is 10.9 Å². The summed E-state index contributed by atoms with van der Waals surface area (Å²) in [5, 5.41) is 8.97. The number of halogens is 3. The number of carbonyl (C=O) groups excluding carboxylic acids is 1. The Balaban J connectivity index is 1.53. The maximum Gasteiger partial charge on any atom is 0.418 e. The maximum absolute atomic E-state index is 13.0. The van der Waals surface area contributed by atoms with Crippen LogP contribution >= 0.6 is 0 Å². The molecule has 146 valence electrons. The van der Waals surface area contributed by atoms with Gasteiger partial charge in [-0.3, -0.25) is 4.68 Å². The summed E-state index contributed by atoms with van der Waals surface area (Å²) >= 11 is 0. The molecule has 0 aliphatic carbocycles. The molecule has 28 heavy (non-hydrogen) atoms. The third-order valence-corrected chi connectivity index (χ3v) is 4.25. The average Bonchev–Trinajstić information content (AvgIpc) is 3.08. The molecule has 0 saturated carbocycles. The van der Waals surface area contributed by atoms with E-state index in [9.17, 15) is 18.0 Å². The third kappa shape index (κ3) is 4.70. The first-order valence-electron chi connectivity index (χ1n) is 8.63. The number of urea groups is 1. The zero-order valence-corrected chi connectivity index (χ0v) is 15.1. The Morgan fingerprint density at radius 1 is 1.07 bits per heavy atom. The Bertz CT molecular complexity index is 949. The highest BCUT2D eigenvalue weighted by Crippen LogP contribution is 2.34. The van der Waals surface area contributed by atoms with Crippen molar-refractivity contribution in [3.63, 3.8) is 0 Å². The molecule has 1 aromatic heterocycles. The summed E-state index contributed by atoms with van der Waals surface area (Å²) in [5.41, 5.74) is 1.87. The topological polar surface area (TPSA) is 59.0 Å². The van der Waals surface area contributed by atoms with Crippen LogP contribution in [0.2, 0.25) is 0 Å². The standard InChI is InChI=1S/C20H19F3N4O/c1-27-18(11-13-25-27)15-8-6-14(7-9-15)10-12-24-19(28)26-17-5-3-2-4-16(17)20(21,22)23/h2-9,11,13H,10,12H2,1H3,(H2,24,26,28). The van der Waals surface area contributed by atoms with Crippen LogP contribution in [0, 0.1) is 0 Å². The van der Waals surface area contributed by atoms with Crippen molar-refractivity contribution in [3.8, 4) is 11.3 Å². The third-order valence-electron chi connectivity index (χ3n) is 4.25. The molecular weight excluding hydrogens is 369 g/mol. The summed E-state index contributed by atoms with van der Waals surface area (Å²) in [7, 11) is 1.86. The number of hydrogen-bond acceptors (Lipinski definition) is 2. The molecule has 3 aromatic rings. The highest BCUT2D eigenvalue weighted by molar-refractivity contribution is 5.90. The number of hydrogen-bond donors (Lipinski definition) is 2. The average molecular weight is 388 g/mol. The van der Waals surface area contributed by atoms with E-state index in [2.05, 4.69) is 15.7 Å². The highest BCUT2D eigenvalue weighted by Gasteiger charge is 2.33. The molecule has 0 unspecified atom stereocenters. The van der Waals surface area contributed by atoms with Gasteiger partial charge < -0.3 is 10.6 Å². The Hall–Kier alpha value is -3.29.